The number of aromatic nitrogens is 5. The van der Waals surface area contributed by atoms with Crippen molar-refractivity contribution >= 4 is 11.7 Å². The van der Waals surface area contributed by atoms with Gasteiger partial charge in [0.05, 0.1) is 18.7 Å². The van der Waals surface area contributed by atoms with Crippen molar-refractivity contribution in [2.24, 2.45) is 0 Å². The number of rotatable bonds is 3. The Morgan fingerprint density at radius 3 is 2.87 bits per heavy atom. The first-order chi connectivity index (χ1) is 11.2. The minimum absolute atomic E-state index is 0.0203. The summed E-state index contributed by atoms with van der Waals surface area (Å²) in [5.74, 6) is 1.45. The number of amides is 1. The highest BCUT2D eigenvalue weighted by Crippen LogP contribution is 2.35. The van der Waals surface area contributed by atoms with Crippen molar-refractivity contribution in [3.05, 3.63) is 59.6 Å². The highest BCUT2D eigenvalue weighted by Gasteiger charge is 2.31. The van der Waals surface area contributed by atoms with Crippen molar-refractivity contribution in [2.75, 3.05) is 5.32 Å². The molecule has 0 saturated carbocycles. The minimum Gasteiger partial charge on any atom is -0.346 e. The van der Waals surface area contributed by atoms with E-state index in [9.17, 15) is 4.79 Å². The Kier molecular flexibility index (Phi) is 3.18. The van der Waals surface area contributed by atoms with Gasteiger partial charge in [0.25, 0.3) is 0 Å². The number of hydrogen-bond acceptors (Lipinski definition) is 4. The molecular formula is C16H16N6O. The Morgan fingerprint density at radius 2 is 2.13 bits per heavy atom. The third-order valence-corrected chi connectivity index (χ3v) is 4.02. The smallest absolute Gasteiger partial charge is 0.226 e. The molecule has 1 aliphatic heterocycles. The summed E-state index contributed by atoms with van der Waals surface area (Å²) in [6, 6.07) is 3.87. The van der Waals surface area contributed by atoms with Crippen LogP contribution in [-0.4, -0.2) is 30.6 Å². The van der Waals surface area contributed by atoms with Crippen LogP contribution in [0.15, 0.2) is 36.9 Å². The van der Waals surface area contributed by atoms with Crippen LogP contribution < -0.4 is 5.32 Å². The van der Waals surface area contributed by atoms with Crippen LogP contribution in [-0.2, 0) is 11.3 Å². The number of anilines is 1. The van der Waals surface area contributed by atoms with E-state index in [0.717, 1.165) is 28.5 Å². The summed E-state index contributed by atoms with van der Waals surface area (Å²) in [5, 5.41) is 7.39. The van der Waals surface area contributed by atoms with Gasteiger partial charge in [0, 0.05) is 36.3 Å². The second kappa shape index (κ2) is 5.35. The summed E-state index contributed by atoms with van der Waals surface area (Å²) in [6.45, 7) is 2.54. The molecule has 0 bridgehead atoms. The van der Waals surface area contributed by atoms with Crippen LogP contribution in [0.5, 0.6) is 0 Å². The third-order valence-electron chi connectivity index (χ3n) is 4.02. The number of hydrogen-bond donors (Lipinski definition) is 2. The van der Waals surface area contributed by atoms with Crippen molar-refractivity contribution < 1.29 is 4.79 Å². The van der Waals surface area contributed by atoms with Gasteiger partial charge in [0.1, 0.15) is 11.6 Å². The van der Waals surface area contributed by atoms with Crippen molar-refractivity contribution in [3.63, 3.8) is 0 Å². The summed E-state index contributed by atoms with van der Waals surface area (Å²) >= 11 is 0. The van der Waals surface area contributed by atoms with Crippen molar-refractivity contribution in [2.45, 2.75) is 25.8 Å². The number of nitrogens with zero attached hydrogens (tertiary/aromatic N) is 4. The Labute approximate surface area is 132 Å². The Bertz CT molecular complexity index is 851. The summed E-state index contributed by atoms with van der Waals surface area (Å²) in [5.41, 5.74) is 3.06. The van der Waals surface area contributed by atoms with E-state index in [0.29, 0.717) is 13.0 Å². The van der Waals surface area contributed by atoms with Crippen LogP contribution in [0, 0.1) is 6.92 Å². The second-order valence-electron chi connectivity index (χ2n) is 5.72. The van der Waals surface area contributed by atoms with Gasteiger partial charge in [0.15, 0.2) is 0 Å². The van der Waals surface area contributed by atoms with E-state index in [1.165, 1.54) is 0 Å². The predicted octanol–water partition coefficient (Wildman–Crippen LogP) is 1.83. The van der Waals surface area contributed by atoms with Gasteiger partial charge >= 0.3 is 0 Å². The van der Waals surface area contributed by atoms with E-state index in [4.69, 9.17) is 0 Å². The summed E-state index contributed by atoms with van der Waals surface area (Å²) in [6.07, 6.45) is 7.47. The maximum absolute atomic E-state index is 12.1. The van der Waals surface area contributed by atoms with Crippen LogP contribution in [0.4, 0.5) is 5.82 Å². The molecule has 1 amide bonds. The molecule has 7 nitrogen and oxygen atoms in total. The number of pyridine rings is 1. The highest BCUT2D eigenvalue weighted by atomic mass is 16.1. The van der Waals surface area contributed by atoms with E-state index in [-0.39, 0.29) is 11.8 Å². The molecule has 1 atom stereocenters. The molecule has 23 heavy (non-hydrogen) atoms. The molecule has 116 valence electrons. The fraction of sp³-hybridized carbons (Fsp3) is 0.250. The van der Waals surface area contributed by atoms with Crippen molar-refractivity contribution in [1.29, 1.82) is 0 Å². The maximum Gasteiger partial charge on any atom is 0.226 e. The molecule has 0 fully saturated rings. The lowest BCUT2D eigenvalue weighted by atomic mass is 9.93. The zero-order chi connectivity index (χ0) is 15.8. The molecule has 7 heteroatoms. The number of imidazole rings is 1. The van der Waals surface area contributed by atoms with Gasteiger partial charge in [-0.05, 0) is 24.6 Å². The van der Waals surface area contributed by atoms with Crippen LogP contribution in [0.2, 0.25) is 0 Å². The van der Waals surface area contributed by atoms with Crippen LogP contribution >= 0.6 is 0 Å². The lowest BCUT2D eigenvalue weighted by molar-refractivity contribution is -0.116. The van der Waals surface area contributed by atoms with E-state index < -0.39 is 0 Å². The molecule has 0 aliphatic carbocycles. The lowest BCUT2D eigenvalue weighted by Crippen LogP contribution is -2.25. The number of nitrogens with one attached hydrogen (secondary N) is 2. The van der Waals surface area contributed by atoms with E-state index >= 15 is 0 Å². The Balaban J connectivity index is 1.71. The average Bonchev–Trinajstić information content (AvgIpc) is 3.15. The third kappa shape index (κ3) is 2.50. The lowest BCUT2D eigenvalue weighted by Gasteiger charge is -2.22. The molecule has 3 aromatic heterocycles. The quantitative estimate of drug-likeness (QED) is 0.772. The fourth-order valence-corrected chi connectivity index (χ4v) is 2.90. The van der Waals surface area contributed by atoms with Gasteiger partial charge in [-0.15, -0.1) is 0 Å². The van der Waals surface area contributed by atoms with Crippen molar-refractivity contribution in [1.82, 2.24) is 24.7 Å². The standard InChI is InChI=1S/C16H16N6O/c1-10-7-18-15(20-10)12-6-14(23)21-16-13(12)8-19-22(16)9-11-2-4-17-5-3-11/h2-5,7-8,12H,6,9H2,1H3,(H,18,20)(H,21,23). The van der Waals surface area contributed by atoms with Gasteiger partial charge in [0.2, 0.25) is 5.91 Å². The summed E-state index contributed by atoms with van der Waals surface area (Å²) in [4.78, 5) is 23.7. The average molecular weight is 308 g/mol. The minimum atomic E-state index is -0.0846. The molecule has 3 aromatic rings. The molecule has 4 heterocycles. The molecule has 4 rings (SSSR count). The first-order valence-electron chi connectivity index (χ1n) is 7.46. The van der Waals surface area contributed by atoms with Crippen molar-refractivity contribution in [3.8, 4) is 0 Å². The number of H-pyrrole nitrogens is 1. The number of carbonyl (C=O) groups is 1. The SMILES string of the molecule is Cc1cnc(C2CC(=O)Nc3c2cnn3Cc2ccncc2)[nH]1. The first kappa shape index (κ1) is 13.7. The summed E-state index contributed by atoms with van der Waals surface area (Å²) < 4.78 is 1.81. The topological polar surface area (TPSA) is 88.5 Å². The van der Waals surface area contributed by atoms with E-state index in [1.807, 2.05) is 29.9 Å². The van der Waals surface area contributed by atoms with Crippen LogP contribution in [0.3, 0.4) is 0 Å². The monoisotopic (exact) mass is 308 g/mol. The Morgan fingerprint density at radius 1 is 1.30 bits per heavy atom. The van der Waals surface area contributed by atoms with Crippen LogP contribution in [0.1, 0.15) is 35.0 Å². The fourth-order valence-electron chi connectivity index (χ4n) is 2.90. The largest absolute Gasteiger partial charge is 0.346 e. The molecule has 1 aliphatic rings. The summed E-state index contributed by atoms with van der Waals surface area (Å²) in [7, 11) is 0. The maximum atomic E-state index is 12.1. The van der Waals surface area contributed by atoms with Gasteiger partial charge in [-0.2, -0.15) is 5.10 Å². The second-order valence-corrected chi connectivity index (χ2v) is 5.72. The van der Waals surface area contributed by atoms with Gasteiger partial charge < -0.3 is 10.3 Å². The first-order valence-corrected chi connectivity index (χ1v) is 7.46. The Hall–Kier alpha value is -2.96. The molecule has 0 radical (unpaired) electrons. The molecule has 1 unspecified atom stereocenters. The number of carbonyl (C=O) groups excluding carboxylic acids is 1. The molecule has 2 N–H and O–H groups in total. The molecule has 0 saturated heterocycles. The zero-order valence-electron chi connectivity index (χ0n) is 12.7. The van der Waals surface area contributed by atoms with E-state index in [1.54, 1.807) is 18.6 Å². The highest BCUT2D eigenvalue weighted by molar-refractivity contribution is 5.94. The molecule has 0 spiro atoms. The van der Waals surface area contributed by atoms with Gasteiger partial charge in [-0.25, -0.2) is 9.67 Å². The predicted molar refractivity (Wildman–Crippen MR) is 84.0 cm³/mol. The van der Waals surface area contributed by atoms with Gasteiger partial charge in [-0.1, -0.05) is 0 Å². The normalized spacial score (nSPS) is 16.9. The van der Waals surface area contributed by atoms with Crippen LogP contribution in [0.25, 0.3) is 0 Å². The number of aromatic amines is 1. The van der Waals surface area contributed by atoms with Gasteiger partial charge in [-0.3, -0.25) is 9.78 Å². The molecular weight excluding hydrogens is 292 g/mol. The number of aryl methyl sites for hydroxylation is 1. The zero-order valence-corrected chi connectivity index (χ0v) is 12.7. The molecule has 0 aromatic carbocycles. The van der Waals surface area contributed by atoms with E-state index in [2.05, 4.69) is 25.4 Å². The number of fused-ring (bicyclic) bond motifs is 1.